The van der Waals surface area contributed by atoms with Crippen LogP contribution in [0.15, 0.2) is 30.3 Å². The van der Waals surface area contributed by atoms with E-state index in [4.69, 9.17) is 9.72 Å². The van der Waals surface area contributed by atoms with Gasteiger partial charge in [-0.2, -0.15) is 0 Å². The van der Waals surface area contributed by atoms with Gasteiger partial charge in [-0.3, -0.25) is 9.78 Å². The van der Waals surface area contributed by atoms with Crippen molar-refractivity contribution >= 4 is 16.8 Å². The zero-order chi connectivity index (χ0) is 17.3. The molecule has 4 rings (SSSR count). The van der Waals surface area contributed by atoms with Gasteiger partial charge in [-0.15, -0.1) is 0 Å². The first-order valence-electron chi connectivity index (χ1n) is 9.07. The molecule has 5 nitrogen and oxygen atoms in total. The van der Waals surface area contributed by atoms with Gasteiger partial charge in [-0.05, 0) is 37.8 Å². The number of carbonyl (C=O) groups is 1. The molecule has 0 radical (unpaired) electrons. The number of hydrogen-bond acceptors (Lipinski definition) is 4. The van der Waals surface area contributed by atoms with E-state index in [0.717, 1.165) is 35.9 Å². The minimum absolute atomic E-state index is 0.0651. The third-order valence-electron chi connectivity index (χ3n) is 5.43. The summed E-state index contributed by atoms with van der Waals surface area (Å²) >= 11 is 0. The normalized spacial score (nSPS) is 23.1. The Morgan fingerprint density at radius 1 is 1.36 bits per heavy atom. The lowest BCUT2D eigenvalue weighted by Crippen LogP contribution is -2.38. The molecule has 0 bridgehead atoms. The molecule has 132 valence electrons. The molecule has 5 heteroatoms. The molecular weight excluding hydrogens is 316 g/mol. The van der Waals surface area contributed by atoms with E-state index < -0.39 is 0 Å². The SMILES string of the molecule is O=C(NCC1(CCO)CCOC1)c1cc(C2CC2)nc2ccccc12. The molecule has 1 unspecified atom stereocenters. The summed E-state index contributed by atoms with van der Waals surface area (Å²) in [5.74, 6) is 0.435. The van der Waals surface area contributed by atoms with Crippen molar-refractivity contribution in [1.29, 1.82) is 0 Å². The molecule has 2 heterocycles. The molecule has 2 fully saturated rings. The molecule has 1 aliphatic carbocycles. The minimum atomic E-state index is -0.146. The quantitative estimate of drug-likeness (QED) is 0.848. The summed E-state index contributed by atoms with van der Waals surface area (Å²) in [6.45, 7) is 1.93. The van der Waals surface area contributed by atoms with Crippen molar-refractivity contribution in [2.75, 3.05) is 26.4 Å². The van der Waals surface area contributed by atoms with Gasteiger partial charge < -0.3 is 15.2 Å². The van der Waals surface area contributed by atoms with Crippen LogP contribution < -0.4 is 5.32 Å². The van der Waals surface area contributed by atoms with Crippen LogP contribution in [0, 0.1) is 5.41 Å². The van der Waals surface area contributed by atoms with Crippen molar-refractivity contribution in [2.24, 2.45) is 5.41 Å². The van der Waals surface area contributed by atoms with Crippen LogP contribution in [0.2, 0.25) is 0 Å². The highest BCUT2D eigenvalue weighted by molar-refractivity contribution is 6.06. The van der Waals surface area contributed by atoms with Crippen LogP contribution in [0.25, 0.3) is 10.9 Å². The molecule has 2 N–H and O–H groups in total. The van der Waals surface area contributed by atoms with Gasteiger partial charge >= 0.3 is 0 Å². The third kappa shape index (κ3) is 3.39. The number of aromatic nitrogens is 1. The van der Waals surface area contributed by atoms with E-state index in [-0.39, 0.29) is 17.9 Å². The monoisotopic (exact) mass is 340 g/mol. The van der Waals surface area contributed by atoms with Gasteiger partial charge in [-0.25, -0.2) is 0 Å². The van der Waals surface area contributed by atoms with Gasteiger partial charge in [-0.1, -0.05) is 18.2 Å². The summed E-state index contributed by atoms with van der Waals surface area (Å²) in [6, 6.07) is 9.78. The summed E-state index contributed by atoms with van der Waals surface area (Å²) in [4.78, 5) is 17.6. The fourth-order valence-electron chi connectivity index (χ4n) is 3.65. The average Bonchev–Trinajstić information content (AvgIpc) is 3.39. The number of nitrogens with one attached hydrogen (secondary N) is 1. The number of pyridine rings is 1. The summed E-state index contributed by atoms with van der Waals surface area (Å²) in [6.07, 6.45) is 3.84. The van der Waals surface area contributed by atoms with E-state index in [0.29, 0.717) is 37.7 Å². The van der Waals surface area contributed by atoms with Crippen molar-refractivity contribution in [2.45, 2.75) is 31.6 Å². The third-order valence-corrected chi connectivity index (χ3v) is 5.43. The molecule has 1 saturated heterocycles. The number of para-hydroxylation sites is 1. The van der Waals surface area contributed by atoms with Crippen LogP contribution in [0.1, 0.15) is 47.7 Å². The lowest BCUT2D eigenvalue weighted by atomic mass is 9.84. The van der Waals surface area contributed by atoms with Crippen molar-refractivity contribution in [1.82, 2.24) is 10.3 Å². The number of fused-ring (bicyclic) bond motifs is 1. The summed E-state index contributed by atoms with van der Waals surface area (Å²) < 4.78 is 5.51. The highest BCUT2D eigenvalue weighted by atomic mass is 16.5. The van der Waals surface area contributed by atoms with Crippen LogP contribution in [0.3, 0.4) is 0 Å². The topological polar surface area (TPSA) is 71.5 Å². The molecule has 2 aromatic rings. The number of hydrogen-bond donors (Lipinski definition) is 2. The highest BCUT2D eigenvalue weighted by Gasteiger charge is 2.35. The largest absolute Gasteiger partial charge is 0.396 e. The van der Waals surface area contributed by atoms with Crippen LogP contribution in [0.4, 0.5) is 0 Å². The van der Waals surface area contributed by atoms with Crippen LogP contribution >= 0.6 is 0 Å². The maximum Gasteiger partial charge on any atom is 0.252 e. The second-order valence-electron chi connectivity index (χ2n) is 7.34. The van der Waals surface area contributed by atoms with Crippen molar-refractivity contribution in [3.8, 4) is 0 Å². The average molecular weight is 340 g/mol. The second kappa shape index (κ2) is 6.73. The van der Waals surface area contributed by atoms with E-state index in [1.807, 2.05) is 30.3 Å². The van der Waals surface area contributed by atoms with E-state index in [9.17, 15) is 9.90 Å². The Morgan fingerprint density at radius 2 is 2.20 bits per heavy atom. The first-order valence-corrected chi connectivity index (χ1v) is 9.07. The Morgan fingerprint density at radius 3 is 2.92 bits per heavy atom. The molecule has 1 amide bonds. The van der Waals surface area contributed by atoms with E-state index in [2.05, 4.69) is 5.32 Å². The van der Waals surface area contributed by atoms with Crippen LogP contribution in [-0.2, 0) is 4.74 Å². The molecule has 1 saturated carbocycles. The van der Waals surface area contributed by atoms with Crippen LogP contribution in [-0.4, -0.2) is 42.4 Å². The zero-order valence-electron chi connectivity index (χ0n) is 14.3. The fourth-order valence-corrected chi connectivity index (χ4v) is 3.65. The highest BCUT2D eigenvalue weighted by Crippen LogP contribution is 2.40. The maximum absolute atomic E-state index is 12.9. The number of aliphatic hydroxyl groups excluding tert-OH is 1. The zero-order valence-corrected chi connectivity index (χ0v) is 14.3. The summed E-state index contributed by atoms with van der Waals surface area (Å²) in [5, 5.41) is 13.3. The molecule has 0 spiro atoms. The Balaban J connectivity index is 1.59. The molecule has 1 aromatic carbocycles. The van der Waals surface area contributed by atoms with Crippen molar-refractivity contribution in [3.05, 3.63) is 41.6 Å². The number of benzene rings is 1. The predicted molar refractivity (Wildman–Crippen MR) is 95.6 cm³/mol. The molecule has 2 aliphatic rings. The minimum Gasteiger partial charge on any atom is -0.396 e. The van der Waals surface area contributed by atoms with E-state index >= 15 is 0 Å². The molecule has 25 heavy (non-hydrogen) atoms. The van der Waals surface area contributed by atoms with E-state index in [1.54, 1.807) is 0 Å². The number of rotatable bonds is 6. The number of amides is 1. The van der Waals surface area contributed by atoms with Crippen molar-refractivity contribution in [3.63, 3.8) is 0 Å². The standard InChI is InChI=1S/C20H24N2O3/c23-9-7-20(8-10-25-13-20)12-21-19(24)16-11-18(14-5-6-14)22-17-4-2-1-3-15(16)17/h1-4,11,14,23H,5-10,12-13H2,(H,21,24). The lowest BCUT2D eigenvalue weighted by Gasteiger charge is -2.26. The molecule has 1 aliphatic heterocycles. The molecule has 1 aromatic heterocycles. The number of carbonyl (C=O) groups excluding carboxylic acids is 1. The summed E-state index contributed by atoms with van der Waals surface area (Å²) in [7, 11) is 0. The first kappa shape index (κ1) is 16.5. The maximum atomic E-state index is 12.9. The van der Waals surface area contributed by atoms with Gasteiger partial charge in [0.2, 0.25) is 0 Å². The predicted octanol–water partition coefficient (Wildman–Crippen LogP) is 2.63. The Labute approximate surface area is 147 Å². The Kier molecular flexibility index (Phi) is 4.44. The van der Waals surface area contributed by atoms with Crippen LogP contribution in [0.5, 0.6) is 0 Å². The lowest BCUT2D eigenvalue weighted by molar-refractivity contribution is 0.0891. The second-order valence-corrected chi connectivity index (χ2v) is 7.34. The number of aliphatic hydroxyl groups is 1. The summed E-state index contributed by atoms with van der Waals surface area (Å²) in [5.41, 5.74) is 2.46. The van der Waals surface area contributed by atoms with Gasteiger partial charge in [0.1, 0.15) is 0 Å². The molecule has 1 atom stereocenters. The molecular formula is C20H24N2O3. The fraction of sp³-hybridized carbons (Fsp3) is 0.500. The Bertz CT molecular complexity index is 780. The Hall–Kier alpha value is -1.98. The smallest absolute Gasteiger partial charge is 0.252 e. The van der Waals surface area contributed by atoms with Gasteiger partial charge in [0.05, 0.1) is 17.7 Å². The van der Waals surface area contributed by atoms with E-state index in [1.165, 1.54) is 0 Å². The number of nitrogens with zero attached hydrogens (tertiary/aromatic N) is 1. The van der Waals surface area contributed by atoms with Gasteiger partial charge in [0.15, 0.2) is 0 Å². The van der Waals surface area contributed by atoms with Gasteiger partial charge in [0, 0.05) is 42.2 Å². The number of ether oxygens (including phenoxy) is 1. The first-order chi connectivity index (χ1) is 12.2. The van der Waals surface area contributed by atoms with Crippen molar-refractivity contribution < 1.29 is 14.6 Å². The van der Waals surface area contributed by atoms with Gasteiger partial charge in [0.25, 0.3) is 5.91 Å².